The van der Waals surface area contributed by atoms with E-state index in [0.717, 1.165) is 17.3 Å². The van der Waals surface area contributed by atoms with E-state index >= 15 is 0 Å². The van der Waals surface area contributed by atoms with Gasteiger partial charge in [-0.25, -0.2) is 0 Å². The number of fused-ring (bicyclic) bond motifs is 1. The molecule has 1 atom stereocenters. The number of benzene rings is 1. The van der Waals surface area contributed by atoms with Gasteiger partial charge in [0.2, 0.25) is 0 Å². The summed E-state index contributed by atoms with van der Waals surface area (Å²) in [6, 6.07) is 6.25. The zero-order chi connectivity index (χ0) is 10.9. The molecule has 1 aromatic rings. The van der Waals surface area contributed by atoms with Gasteiger partial charge >= 0.3 is 0 Å². The summed E-state index contributed by atoms with van der Waals surface area (Å²) < 4.78 is 6.17. The maximum absolute atomic E-state index is 10.3. The molecular weight excluding hydrogens is 256 g/mol. The number of methoxy groups -OCH3 is 1. The number of ether oxygens (including phenoxy) is 1. The van der Waals surface area contributed by atoms with Crippen LogP contribution in [-0.2, 0) is 17.6 Å². The van der Waals surface area contributed by atoms with Gasteiger partial charge in [-0.05, 0) is 36.1 Å². The Kier molecular flexibility index (Phi) is 3.14. The smallest absolute Gasteiger partial charge is 0.0923 e. The molecule has 0 aliphatic heterocycles. The van der Waals surface area contributed by atoms with Gasteiger partial charge in [0.15, 0.2) is 0 Å². The summed E-state index contributed by atoms with van der Waals surface area (Å²) >= 11 is 3.46. The first-order valence-electron chi connectivity index (χ1n) is 5.12. The summed E-state index contributed by atoms with van der Waals surface area (Å²) in [5.41, 5.74) is 1.91. The Hall–Kier alpha value is -0.380. The van der Waals surface area contributed by atoms with Crippen molar-refractivity contribution >= 4 is 15.9 Å². The van der Waals surface area contributed by atoms with E-state index in [-0.39, 0.29) is 0 Å². The van der Waals surface area contributed by atoms with E-state index in [9.17, 15) is 5.11 Å². The molecule has 2 rings (SSSR count). The molecule has 1 unspecified atom stereocenters. The normalized spacial score (nSPS) is 25.0. The van der Waals surface area contributed by atoms with Crippen molar-refractivity contribution in [2.24, 2.45) is 0 Å². The van der Waals surface area contributed by atoms with Gasteiger partial charge in [0, 0.05) is 18.0 Å². The van der Waals surface area contributed by atoms with E-state index in [4.69, 9.17) is 4.74 Å². The average molecular weight is 271 g/mol. The van der Waals surface area contributed by atoms with E-state index in [1.54, 1.807) is 7.11 Å². The fraction of sp³-hybridized carbons (Fsp3) is 0.500. The van der Waals surface area contributed by atoms with Crippen LogP contribution in [0, 0.1) is 0 Å². The lowest BCUT2D eigenvalue weighted by Crippen LogP contribution is -2.40. The molecule has 0 bridgehead atoms. The summed E-state index contributed by atoms with van der Waals surface area (Å²) in [5, 5.41) is 10.3. The standard InChI is InChI=1S/C12H15BrO2/c1-15-8-12(14)5-4-9-6-11(13)3-2-10(9)7-12/h2-3,6,14H,4-5,7-8H2,1H3. The van der Waals surface area contributed by atoms with Crippen LogP contribution < -0.4 is 0 Å². The number of rotatable bonds is 2. The van der Waals surface area contributed by atoms with Gasteiger partial charge in [0.05, 0.1) is 12.2 Å². The molecule has 15 heavy (non-hydrogen) atoms. The summed E-state index contributed by atoms with van der Waals surface area (Å²) in [7, 11) is 1.63. The second-order valence-electron chi connectivity index (χ2n) is 4.25. The third kappa shape index (κ3) is 2.41. The lowest BCUT2D eigenvalue weighted by atomic mass is 9.81. The quantitative estimate of drug-likeness (QED) is 0.894. The van der Waals surface area contributed by atoms with Crippen molar-refractivity contribution in [2.75, 3.05) is 13.7 Å². The average Bonchev–Trinajstić information content (AvgIpc) is 2.19. The predicted octanol–water partition coefficient (Wildman–Crippen LogP) is 2.32. The van der Waals surface area contributed by atoms with Crippen LogP contribution in [0.4, 0.5) is 0 Å². The third-order valence-corrected chi connectivity index (χ3v) is 3.45. The van der Waals surface area contributed by atoms with E-state index in [0.29, 0.717) is 13.0 Å². The zero-order valence-corrected chi connectivity index (χ0v) is 10.4. The number of hydrogen-bond acceptors (Lipinski definition) is 2. The highest BCUT2D eigenvalue weighted by Crippen LogP contribution is 2.30. The molecule has 1 N–H and O–H groups in total. The number of aliphatic hydroxyl groups is 1. The molecule has 0 saturated carbocycles. The van der Waals surface area contributed by atoms with Crippen molar-refractivity contribution in [3.63, 3.8) is 0 Å². The molecule has 0 radical (unpaired) electrons. The van der Waals surface area contributed by atoms with Gasteiger partial charge in [-0.2, -0.15) is 0 Å². The SMILES string of the molecule is COCC1(O)CCc2cc(Br)ccc2C1. The van der Waals surface area contributed by atoms with Crippen LogP contribution in [0.15, 0.2) is 22.7 Å². The topological polar surface area (TPSA) is 29.5 Å². The molecule has 0 saturated heterocycles. The number of hydrogen-bond donors (Lipinski definition) is 1. The summed E-state index contributed by atoms with van der Waals surface area (Å²) in [5.74, 6) is 0. The monoisotopic (exact) mass is 270 g/mol. The van der Waals surface area contributed by atoms with Crippen LogP contribution >= 0.6 is 15.9 Å². The molecule has 3 heteroatoms. The second-order valence-corrected chi connectivity index (χ2v) is 5.16. The first-order valence-corrected chi connectivity index (χ1v) is 5.91. The minimum atomic E-state index is -0.671. The molecule has 0 fully saturated rings. The Bertz CT molecular complexity index is 365. The zero-order valence-electron chi connectivity index (χ0n) is 8.79. The molecular formula is C12H15BrO2. The van der Waals surface area contributed by atoms with Gasteiger partial charge in [0.25, 0.3) is 0 Å². The maximum Gasteiger partial charge on any atom is 0.0923 e. The Morgan fingerprint density at radius 1 is 1.47 bits per heavy atom. The summed E-state index contributed by atoms with van der Waals surface area (Å²) in [6.07, 6.45) is 2.41. The third-order valence-electron chi connectivity index (χ3n) is 2.96. The van der Waals surface area contributed by atoms with Crippen molar-refractivity contribution < 1.29 is 9.84 Å². The fourth-order valence-corrected chi connectivity index (χ4v) is 2.61. The lowest BCUT2D eigenvalue weighted by Gasteiger charge is -2.32. The fourth-order valence-electron chi connectivity index (χ4n) is 2.20. The van der Waals surface area contributed by atoms with Crippen LogP contribution in [0.25, 0.3) is 0 Å². The van der Waals surface area contributed by atoms with Crippen molar-refractivity contribution in [2.45, 2.75) is 24.9 Å². The first kappa shape index (κ1) is 11.1. The highest BCUT2D eigenvalue weighted by atomic mass is 79.9. The van der Waals surface area contributed by atoms with Crippen molar-refractivity contribution in [1.82, 2.24) is 0 Å². The van der Waals surface area contributed by atoms with E-state index in [2.05, 4.69) is 28.1 Å². The van der Waals surface area contributed by atoms with Crippen LogP contribution in [0.5, 0.6) is 0 Å². The molecule has 1 aliphatic carbocycles. The van der Waals surface area contributed by atoms with Crippen molar-refractivity contribution in [3.05, 3.63) is 33.8 Å². The Morgan fingerprint density at radius 2 is 2.27 bits per heavy atom. The number of halogens is 1. The molecule has 0 aromatic heterocycles. The molecule has 0 spiro atoms. The highest BCUT2D eigenvalue weighted by molar-refractivity contribution is 9.10. The molecule has 0 amide bonds. The van der Waals surface area contributed by atoms with E-state index in [1.165, 1.54) is 11.1 Å². The molecule has 82 valence electrons. The van der Waals surface area contributed by atoms with Crippen LogP contribution in [0.3, 0.4) is 0 Å². The predicted molar refractivity (Wildman–Crippen MR) is 63.0 cm³/mol. The first-order chi connectivity index (χ1) is 7.13. The van der Waals surface area contributed by atoms with Crippen LogP contribution in [0.1, 0.15) is 17.5 Å². The van der Waals surface area contributed by atoms with Crippen molar-refractivity contribution in [3.8, 4) is 0 Å². The summed E-state index contributed by atoms with van der Waals surface area (Å²) in [6.45, 7) is 0.419. The van der Waals surface area contributed by atoms with Crippen molar-refractivity contribution in [1.29, 1.82) is 0 Å². The Labute approximate surface area is 98.4 Å². The molecule has 1 aromatic carbocycles. The van der Waals surface area contributed by atoms with Gasteiger partial charge in [-0.1, -0.05) is 22.0 Å². The molecule has 2 nitrogen and oxygen atoms in total. The molecule has 1 aliphatic rings. The van der Waals surface area contributed by atoms with Gasteiger partial charge < -0.3 is 9.84 Å². The lowest BCUT2D eigenvalue weighted by molar-refractivity contribution is -0.0402. The van der Waals surface area contributed by atoms with Crippen LogP contribution in [-0.4, -0.2) is 24.4 Å². The van der Waals surface area contributed by atoms with E-state index < -0.39 is 5.60 Å². The minimum absolute atomic E-state index is 0.419. The Balaban J connectivity index is 2.23. The van der Waals surface area contributed by atoms with Crippen LogP contribution in [0.2, 0.25) is 0 Å². The second kappa shape index (κ2) is 4.24. The van der Waals surface area contributed by atoms with Gasteiger partial charge in [0.1, 0.15) is 0 Å². The molecule has 0 heterocycles. The van der Waals surface area contributed by atoms with E-state index in [1.807, 2.05) is 6.07 Å². The van der Waals surface area contributed by atoms with Gasteiger partial charge in [-0.3, -0.25) is 0 Å². The minimum Gasteiger partial charge on any atom is -0.387 e. The largest absolute Gasteiger partial charge is 0.387 e. The summed E-state index contributed by atoms with van der Waals surface area (Å²) in [4.78, 5) is 0. The Morgan fingerprint density at radius 3 is 3.00 bits per heavy atom. The highest BCUT2D eigenvalue weighted by Gasteiger charge is 2.31. The number of aryl methyl sites for hydroxylation is 1. The maximum atomic E-state index is 10.3. The van der Waals surface area contributed by atoms with Gasteiger partial charge in [-0.15, -0.1) is 0 Å².